The highest BCUT2D eigenvalue weighted by Gasteiger charge is 2.11. The van der Waals surface area contributed by atoms with E-state index >= 15 is 0 Å². The zero-order valence-electron chi connectivity index (χ0n) is 12.3. The maximum absolute atomic E-state index is 12.3. The van der Waals surface area contributed by atoms with Crippen LogP contribution in [0.3, 0.4) is 0 Å². The average molecular weight is 296 g/mol. The van der Waals surface area contributed by atoms with E-state index in [-0.39, 0.29) is 11.8 Å². The summed E-state index contributed by atoms with van der Waals surface area (Å²) in [7, 11) is 1.56. The normalized spacial score (nSPS) is 9.91. The Morgan fingerprint density at radius 2 is 1.68 bits per heavy atom. The van der Waals surface area contributed by atoms with Crippen molar-refractivity contribution in [3.05, 3.63) is 64.7 Å². The molecule has 112 valence electrons. The van der Waals surface area contributed by atoms with Crippen LogP contribution in [0.4, 0.5) is 5.69 Å². The topological polar surface area (TPSA) is 75.3 Å². The number of aryl methyl sites for hydroxylation is 1. The first kappa shape index (κ1) is 15.4. The summed E-state index contributed by atoms with van der Waals surface area (Å²) in [5.41, 5.74) is 2.77. The third-order valence-electron chi connectivity index (χ3n) is 3.27. The molecule has 0 spiro atoms. The Kier molecular flexibility index (Phi) is 4.68. The second kappa shape index (κ2) is 6.67. The van der Waals surface area contributed by atoms with Crippen molar-refractivity contribution in [2.45, 2.75) is 6.92 Å². The number of carbonyl (C=O) groups is 3. The molecule has 0 fully saturated rings. The van der Waals surface area contributed by atoms with E-state index in [9.17, 15) is 14.4 Å². The van der Waals surface area contributed by atoms with Gasteiger partial charge >= 0.3 is 0 Å². The van der Waals surface area contributed by atoms with E-state index in [1.807, 2.05) is 0 Å². The minimum atomic E-state index is -0.297. The molecule has 22 heavy (non-hydrogen) atoms. The molecule has 0 aliphatic heterocycles. The van der Waals surface area contributed by atoms with Gasteiger partial charge in [-0.25, -0.2) is 0 Å². The van der Waals surface area contributed by atoms with Gasteiger partial charge < -0.3 is 10.6 Å². The minimum absolute atomic E-state index is 0.188. The Morgan fingerprint density at radius 3 is 2.27 bits per heavy atom. The Bertz CT molecular complexity index is 721. The van der Waals surface area contributed by atoms with Crippen LogP contribution in [0.5, 0.6) is 0 Å². The van der Waals surface area contributed by atoms with Crippen LogP contribution in [0.1, 0.15) is 36.6 Å². The van der Waals surface area contributed by atoms with E-state index in [0.29, 0.717) is 28.7 Å². The number of hydrogen-bond donors (Lipinski definition) is 2. The zero-order chi connectivity index (χ0) is 16.1. The van der Waals surface area contributed by atoms with Gasteiger partial charge in [-0.05, 0) is 42.8 Å². The summed E-state index contributed by atoms with van der Waals surface area (Å²) >= 11 is 0. The number of hydrogen-bond acceptors (Lipinski definition) is 3. The lowest BCUT2D eigenvalue weighted by atomic mass is 10.0. The predicted molar refractivity (Wildman–Crippen MR) is 84.4 cm³/mol. The molecule has 2 aromatic carbocycles. The first-order chi connectivity index (χ1) is 10.5. The van der Waals surface area contributed by atoms with Crippen LogP contribution in [0.15, 0.2) is 42.5 Å². The van der Waals surface area contributed by atoms with Crippen LogP contribution in [0.2, 0.25) is 0 Å². The molecule has 5 nitrogen and oxygen atoms in total. The maximum atomic E-state index is 12.3. The molecule has 0 bridgehead atoms. The van der Waals surface area contributed by atoms with Crippen molar-refractivity contribution in [1.82, 2.24) is 5.32 Å². The first-order valence-corrected chi connectivity index (χ1v) is 6.74. The van der Waals surface area contributed by atoms with Gasteiger partial charge in [-0.3, -0.25) is 14.4 Å². The highest BCUT2D eigenvalue weighted by molar-refractivity contribution is 6.06. The Balaban J connectivity index is 2.18. The molecule has 0 aliphatic carbocycles. The molecular weight excluding hydrogens is 280 g/mol. The summed E-state index contributed by atoms with van der Waals surface area (Å²) in [6, 6.07) is 11.5. The van der Waals surface area contributed by atoms with Crippen LogP contribution in [-0.2, 0) is 0 Å². The van der Waals surface area contributed by atoms with Gasteiger partial charge in [0.15, 0.2) is 0 Å². The van der Waals surface area contributed by atoms with Gasteiger partial charge in [-0.15, -0.1) is 0 Å². The van der Waals surface area contributed by atoms with E-state index in [1.54, 1.807) is 56.4 Å². The predicted octanol–water partition coefficient (Wildman–Crippen LogP) is 2.42. The molecule has 5 heteroatoms. The first-order valence-electron chi connectivity index (χ1n) is 6.74. The summed E-state index contributed by atoms with van der Waals surface area (Å²) < 4.78 is 0. The standard InChI is InChI=1S/C17H16N2O3/c1-11-3-4-12(10-20)9-15(11)17(22)19-14-7-5-13(6-8-14)16(21)18-2/h3-10H,1-2H3,(H,18,21)(H,19,22). The average Bonchev–Trinajstić information content (AvgIpc) is 2.55. The number of anilines is 1. The van der Waals surface area contributed by atoms with Crippen LogP contribution < -0.4 is 10.6 Å². The lowest BCUT2D eigenvalue weighted by molar-refractivity contribution is 0.0962. The van der Waals surface area contributed by atoms with E-state index in [2.05, 4.69) is 10.6 Å². The van der Waals surface area contributed by atoms with Gasteiger partial charge in [0.25, 0.3) is 11.8 Å². The fraction of sp³-hybridized carbons (Fsp3) is 0.118. The lowest BCUT2D eigenvalue weighted by Gasteiger charge is -2.09. The molecule has 2 rings (SSSR count). The quantitative estimate of drug-likeness (QED) is 0.851. The molecule has 2 amide bonds. The number of aldehydes is 1. The van der Waals surface area contributed by atoms with Gasteiger partial charge in [0.2, 0.25) is 0 Å². The molecular formula is C17H16N2O3. The summed E-state index contributed by atoms with van der Waals surface area (Å²) in [5.74, 6) is -0.485. The zero-order valence-corrected chi connectivity index (χ0v) is 12.3. The summed E-state index contributed by atoms with van der Waals surface area (Å²) in [6.45, 7) is 1.80. The molecule has 0 atom stereocenters. The third kappa shape index (κ3) is 3.38. The Hall–Kier alpha value is -2.95. The van der Waals surface area contributed by atoms with Crippen molar-refractivity contribution in [2.24, 2.45) is 0 Å². The Morgan fingerprint density at radius 1 is 1.00 bits per heavy atom. The fourth-order valence-electron chi connectivity index (χ4n) is 2.01. The number of benzene rings is 2. The maximum Gasteiger partial charge on any atom is 0.255 e. The highest BCUT2D eigenvalue weighted by Crippen LogP contribution is 2.15. The van der Waals surface area contributed by atoms with Crippen molar-refractivity contribution >= 4 is 23.8 Å². The second-order valence-electron chi connectivity index (χ2n) is 4.80. The van der Waals surface area contributed by atoms with Crippen molar-refractivity contribution < 1.29 is 14.4 Å². The number of carbonyl (C=O) groups excluding carboxylic acids is 3. The second-order valence-corrected chi connectivity index (χ2v) is 4.80. The van der Waals surface area contributed by atoms with Gasteiger partial charge in [-0.2, -0.15) is 0 Å². The Labute approximate surface area is 128 Å². The largest absolute Gasteiger partial charge is 0.355 e. The minimum Gasteiger partial charge on any atom is -0.355 e. The molecule has 0 aliphatic rings. The van der Waals surface area contributed by atoms with Crippen molar-refractivity contribution in [2.75, 3.05) is 12.4 Å². The smallest absolute Gasteiger partial charge is 0.255 e. The lowest BCUT2D eigenvalue weighted by Crippen LogP contribution is -2.18. The molecule has 0 aromatic heterocycles. The van der Waals surface area contributed by atoms with E-state index < -0.39 is 0 Å². The molecule has 0 radical (unpaired) electrons. The molecule has 0 saturated carbocycles. The summed E-state index contributed by atoms with van der Waals surface area (Å²) in [6.07, 6.45) is 0.703. The third-order valence-corrected chi connectivity index (χ3v) is 3.27. The van der Waals surface area contributed by atoms with Gasteiger partial charge in [0.1, 0.15) is 6.29 Å². The van der Waals surface area contributed by atoms with E-state index in [1.165, 1.54) is 0 Å². The molecule has 0 saturated heterocycles. The van der Waals surface area contributed by atoms with E-state index in [4.69, 9.17) is 0 Å². The SMILES string of the molecule is CNC(=O)c1ccc(NC(=O)c2cc(C=O)ccc2C)cc1. The van der Waals surface area contributed by atoms with E-state index in [0.717, 1.165) is 5.56 Å². The number of rotatable bonds is 4. The monoisotopic (exact) mass is 296 g/mol. The van der Waals surface area contributed by atoms with Gasteiger partial charge in [-0.1, -0.05) is 12.1 Å². The van der Waals surface area contributed by atoms with Gasteiger partial charge in [0.05, 0.1) is 0 Å². The van der Waals surface area contributed by atoms with Gasteiger partial charge in [0, 0.05) is 29.4 Å². The van der Waals surface area contributed by atoms with Crippen molar-refractivity contribution in [3.8, 4) is 0 Å². The van der Waals surface area contributed by atoms with Crippen LogP contribution in [0.25, 0.3) is 0 Å². The fourth-order valence-corrected chi connectivity index (χ4v) is 2.01. The highest BCUT2D eigenvalue weighted by atomic mass is 16.2. The van der Waals surface area contributed by atoms with Crippen molar-refractivity contribution in [3.63, 3.8) is 0 Å². The molecule has 2 aromatic rings. The number of amides is 2. The summed E-state index contributed by atoms with van der Waals surface area (Å²) in [5, 5.41) is 5.28. The van der Waals surface area contributed by atoms with Crippen LogP contribution in [-0.4, -0.2) is 25.1 Å². The van der Waals surface area contributed by atoms with Crippen LogP contribution in [0, 0.1) is 6.92 Å². The molecule has 2 N–H and O–H groups in total. The van der Waals surface area contributed by atoms with Crippen LogP contribution >= 0.6 is 0 Å². The summed E-state index contributed by atoms with van der Waals surface area (Å²) in [4.78, 5) is 34.5. The molecule has 0 heterocycles. The number of nitrogens with one attached hydrogen (secondary N) is 2. The van der Waals surface area contributed by atoms with Crippen molar-refractivity contribution in [1.29, 1.82) is 0 Å². The molecule has 0 unspecified atom stereocenters.